The molecule has 0 aromatic carbocycles. The van der Waals surface area contributed by atoms with Gasteiger partial charge in [-0.2, -0.15) is 0 Å². The van der Waals surface area contributed by atoms with Gasteiger partial charge in [-0.05, 0) is 70.6 Å². The van der Waals surface area contributed by atoms with E-state index < -0.39 is 13.9 Å². The van der Waals surface area contributed by atoms with Crippen molar-refractivity contribution < 1.29 is 32.8 Å². The van der Waals surface area contributed by atoms with E-state index in [1.54, 1.807) is 0 Å². The minimum Gasteiger partial charge on any atom is -0.457 e. The number of hydrogen-bond donors (Lipinski definition) is 2. The van der Waals surface area contributed by atoms with E-state index in [0.717, 1.165) is 38.5 Å². The normalized spacial score (nSPS) is 13.7. The molecule has 2 atom stereocenters. The van der Waals surface area contributed by atoms with Crippen molar-refractivity contribution in [3.63, 3.8) is 0 Å². The van der Waals surface area contributed by atoms with E-state index >= 15 is 0 Å². The van der Waals surface area contributed by atoms with Gasteiger partial charge >= 0.3 is 13.8 Å². The highest BCUT2D eigenvalue weighted by atomic mass is 31.2. The van der Waals surface area contributed by atoms with E-state index in [0.29, 0.717) is 13.0 Å². The minimum absolute atomic E-state index is 0.0965. The standard InChI is InChI=1S/C49H94NO7P/c1-3-5-7-9-11-13-15-17-19-21-22-23-24-25-26-27-28-30-32-34-36-38-40-42-49(51)57-48(47-56-58(52,53)55-45-43-50)46-54-44-41-39-37-35-33-31-29-20-18-16-14-12-10-8-6-4-2/h15,17-18,20-22,48H,3-14,16,19,23-47,50H2,1-2H3,(H,52,53)/b17-15-,20-18-,22-21-. The lowest BCUT2D eigenvalue weighted by Gasteiger charge is -2.20. The first-order chi connectivity index (χ1) is 28.4. The third-order valence-corrected chi connectivity index (χ3v) is 11.5. The van der Waals surface area contributed by atoms with E-state index in [-0.39, 0.29) is 32.3 Å². The number of unbranched alkanes of at least 4 members (excludes halogenated alkanes) is 28. The van der Waals surface area contributed by atoms with Crippen molar-refractivity contribution in [1.82, 2.24) is 0 Å². The van der Waals surface area contributed by atoms with Gasteiger partial charge in [-0.25, -0.2) is 4.57 Å². The Balaban J connectivity index is 3.95. The molecule has 0 saturated carbocycles. The van der Waals surface area contributed by atoms with Crippen LogP contribution in [0.3, 0.4) is 0 Å². The van der Waals surface area contributed by atoms with Gasteiger partial charge in [0, 0.05) is 19.6 Å². The summed E-state index contributed by atoms with van der Waals surface area (Å²) in [6.45, 7) is 4.92. The Bertz CT molecular complexity index is 988. The average molecular weight is 840 g/mol. The van der Waals surface area contributed by atoms with Gasteiger partial charge in [-0.3, -0.25) is 13.8 Å². The fourth-order valence-corrected chi connectivity index (χ4v) is 7.67. The van der Waals surface area contributed by atoms with Crippen LogP contribution in [0.2, 0.25) is 0 Å². The molecule has 8 nitrogen and oxygen atoms in total. The number of phosphoric ester groups is 1. The number of hydrogen-bond acceptors (Lipinski definition) is 7. The first kappa shape index (κ1) is 56.7. The monoisotopic (exact) mass is 840 g/mol. The number of esters is 1. The summed E-state index contributed by atoms with van der Waals surface area (Å²) in [4.78, 5) is 22.6. The van der Waals surface area contributed by atoms with Crippen molar-refractivity contribution in [2.24, 2.45) is 5.73 Å². The predicted molar refractivity (Wildman–Crippen MR) is 247 cm³/mol. The molecule has 342 valence electrons. The summed E-state index contributed by atoms with van der Waals surface area (Å²) in [5, 5.41) is 0. The number of rotatable bonds is 47. The third-order valence-electron chi connectivity index (χ3n) is 10.5. The molecule has 2 unspecified atom stereocenters. The van der Waals surface area contributed by atoms with Crippen molar-refractivity contribution in [2.75, 3.05) is 33.0 Å². The zero-order valence-corrected chi connectivity index (χ0v) is 38.9. The van der Waals surface area contributed by atoms with Crippen molar-refractivity contribution in [3.8, 4) is 0 Å². The topological polar surface area (TPSA) is 117 Å². The fraction of sp³-hybridized carbons (Fsp3) is 0.857. The number of carbonyl (C=O) groups excluding carboxylic acids is 1. The summed E-state index contributed by atoms with van der Waals surface area (Å²) in [6, 6.07) is 0. The summed E-state index contributed by atoms with van der Waals surface area (Å²) in [5.74, 6) is -0.332. The smallest absolute Gasteiger partial charge is 0.457 e. The van der Waals surface area contributed by atoms with Gasteiger partial charge < -0.3 is 20.1 Å². The summed E-state index contributed by atoms with van der Waals surface area (Å²) in [5.41, 5.74) is 5.38. The SMILES string of the molecule is CCCCCCC/C=C\C/C=C\CCCCCCCCCCCCCC(=O)OC(COCCCCCCCC/C=C\CCCCCCCC)COP(=O)(O)OCCN. The molecule has 9 heteroatoms. The average Bonchev–Trinajstić information content (AvgIpc) is 3.21. The maximum atomic E-state index is 12.6. The number of ether oxygens (including phenoxy) is 2. The van der Waals surface area contributed by atoms with Crippen LogP contribution in [0.4, 0.5) is 0 Å². The van der Waals surface area contributed by atoms with Gasteiger partial charge in [0.25, 0.3) is 0 Å². The van der Waals surface area contributed by atoms with Gasteiger partial charge in [-0.15, -0.1) is 0 Å². The van der Waals surface area contributed by atoms with E-state index in [9.17, 15) is 14.3 Å². The van der Waals surface area contributed by atoms with Crippen molar-refractivity contribution in [1.29, 1.82) is 0 Å². The maximum Gasteiger partial charge on any atom is 0.472 e. The Morgan fingerprint density at radius 3 is 1.36 bits per heavy atom. The lowest BCUT2D eigenvalue weighted by molar-refractivity contribution is -0.154. The predicted octanol–water partition coefficient (Wildman–Crippen LogP) is 15.0. The van der Waals surface area contributed by atoms with E-state index in [2.05, 4.69) is 50.3 Å². The van der Waals surface area contributed by atoms with Crippen LogP contribution in [0.15, 0.2) is 36.5 Å². The molecular formula is C49H94NO7P. The third kappa shape index (κ3) is 45.8. The minimum atomic E-state index is -4.28. The molecule has 0 aromatic rings. The highest BCUT2D eigenvalue weighted by Crippen LogP contribution is 2.43. The Hall–Kier alpha value is -1.28. The second kappa shape index (κ2) is 46.8. The van der Waals surface area contributed by atoms with Crippen LogP contribution in [0, 0.1) is 0 Å². The molecule has 0 radical (unpaired) electrons. The van der Waals surface area contributed by atoms with E-state index in [4.69, 9.17) is 24.3 Å². The molecule has 0 aliphatic carbocycles. The Labute approximate surface area is 358 Å². The highest BCUT2D eigenvalue weighted by Gasteiger charge is 2.25. The van der Waals surface area contributed by atoms with Crippen molar-refractivity contribution >= 4 is 13.8 Å². The Morgan fingerprint density at radius 1 is 0.517 bits per heavy atom. The lowest BCUT2D eigenvalue weighted by Crippen LogP contribution is -2.28. The van der Waals surface area contributed by atoms with Gasteiger partial charge in [0.1, 0.15) is 6.10 Å². The van der Waals surface area contributed by atoms with Crippen LogP contribution in [0.5, 0.6) is 0 Å². The second-order valence-corrected chi connectivity index (χ2v) is 17.8. The fourth-order valence-electron chi connectivity index (χ4n) is 6.91. The zero-order valence-electron chi connectivity index (χ0n) is 38.0. The second-order valence-electron chi connectivity index (χ2n) is 16.3. The summed E-state index contributed by atoms with van der Waals surface area (Å²) < 4.78 is 33.5. The molecule has 0 spiro atoms. The number of phosphoric acid groups is 1. The maximum absolute atomic E-state index is 12.6. The van der Waals surface area contributed by atoms with Crippen LogP contribution in [0.1, 0.15) is 232 Å². The molecule has 0 saturated heterocycles. The van der Waals surface area contributed by atoms with Gasteiger partial charge in [0.2, 0.25) is 0 Å². The molecule has 58 heavy (non-hydrogen) atoms. The van der Waals surface area contributed by atoms with Crippen LogP contribution in [0.25, 0.3) is 0 Å². The first-order valence-electron chi connectivity index (χ1n) is 24.5. The van der Waals surface area contributed by atoms with Crippen molar-refractivity contribution in [3.05, 3.63) is 36.5 Å². The van der Waals surface area contributed by atoms with Gasteiger partial charge in [0.15, 0.2) is 0 Å². The molecular weight excluding hydrogens is 746 g/mol. The van der Waals surface area contributed by atoms with E-state index in [1.807, 2.05) is 0 Å². The molecule has 0 aliphatic heterocycles. The Morgan fingerprint density at radius 2 is 0.914 bits per heavy atom. The number of nitrogens with two attached hydrogens (primary N) is 1. The van der Waals surface area contributed by atoms with Gasteiger partial charge in [-0.1, -0.05) is 192 Å². The molecule has 3 N–H and O–H groups in total. The molecule has 0 heterocycles. The van der Waals surface area contributed by atoms with Gasteiger partial charge in [0.05, 0.1) is 19.8 Å². The van der Waals surface area contributed by atoms with E-state index in [1.165, 1.54) is 173 Å². The molecule has 0 aliphatic rings. The number of allylic oxidation sites excluding steroid dienone is 6. The number of carbonyl (C=O) groups is 1. The summed E-state index contributed by atoms with van der Waals surface area (Å²) >= 11 is 0. The van der Waals surface area contributed by atoms with Crippen LogP contribution >= 0.6 is 7.82 Å². The lowest BCUT2D eigenvalue weighted by atomic mass is 10.0. The molecule has 0 aromatic heterocycles. The largest absolute Gasteiger partial charge is 0.472 e. The first-order valence-corrected chi connectivity index (χ1v) is 26.0. The summed E-state index contributed by atoms with van der Waals surface area (Å²) in [7, 11) is -4.28. The molecule has 0 bridgehead atoms. The quantitative estimate of drug-likeness (QED) is 0.0269. The highest BCUT2D eigenvalue weighted by molar-refractivity contribution is 7.47. The van der Waals surface area contributed by atoms with Crippen LogP contribution in [-0.4, -0.2) is 49.9 Å². The molecule has 0 fully saturated rings. The molecule has 0 amide bonds. The van der Waals surface area contributed by atoms with Crippen LogP contribution in [-0.2, 0) is 27.9 Å². The van der Waals surface area contributed by atoms with Crippen LogP contribution < -0.4 is 5.73 Å². The Kier molecular flexibility index (Phi) is 45.7. The zero-order chi connectivity index (χ0) is 42.3. The van der Waals surface area contributed by atoms with Crippen molar-refractivity contribution in [2.45, 2.75) is 238 Å². The summed E-state index contributed by atoms with van der Waals surface area (Å²) in [6.07, 6.45) is 54.5. The molecule has 0 rings (SSSR count).